The van der Waals surface area contributed by atoms with Crippen LogP contribution in [0.3, 0.4) is 0 Å². The van der Waals surface area contributed by atoms with Crippen molar-refractivity contribution in [3.63, 3.8) is 0 Å². The van der Waals surface area contributed by atoms with Crippen molar-refractivity contribution in [1.82, 2.24) is 15.5 Å². The molecule has 0 aliphatic heterocycles. The molecule has 0 aliphatic carbocycles. The number of carbonyl (C=O) groups is 1. The van der Waals surface area contributed by atoms with Crippen LogP contribution in [0.15, 0.2) is 0 Å². The summed E-state index contributed by atoms with van der Waals surface area (Å²) in [5.41, 5.74) is 7.67. The van der Waals surface area contributed by atoms with Gasteiger partial charge >= 0.3 is 0 Å². The second-order valence-corrected chi connectivity index (χ2v) is 6.53. The lowest BCUT2D eigenvalue weighted by molar-refractivity contribution is 0.0933. The zero-order valence-corrected chi connectivity index (χ0v) is 12.8. The minimum Gasteiger partial charge on any atom is -0.395 e. The van der Waals surface area contributed by atoms with Crippen LogP contribution < -0.4 is 11.1 Å². The van der Waals surface area contributed by atoms with E-state index in [2.05, 4.69) is 43.2 Å². The van der Waals surface area contributed by atoms with E-state index in [1.165, 1.54) is 0 Å². The number of hydrogen-bond acceptors (Lipinski definition) is 3. The third kappa shape index (κ3) is 3.72. The zero-order chi connectivity index (χ0) is 14.8. The van der Waals surface area contributed by atoms with Crippen molar-refractivity contribution in [1.29, 1.82) is 0 Å². The van der Waals surface area contributed by atoms with Crippen molar-refractivity contribution in [2.45, 2.75) is 47.5 Å². The van der Waals surface area contributed by atoms with Gasteiger partial charge in [-0.1, -0.05) is 41.5 Å². The first-order valence-corrected chi connectivity index (χ1v) is 6.76. The number of nitrogen functional groups attached to an aromatic ring is 1. The fraction of sp³-hybridized carbons (Fsp3) is 0.714. The lowest BCUT2D eigenvalue weighted by atomic mass is 9.82. The summed E-state index contributed by atoms with van der Waals surface area (Å²) in [6.07, 6.45) is 0. The summed E-state index contributed by atoms with van der Waals surface area (Å²) in [5, 5.41) is 9.75. The Balaban J connectivity index is 2.70. The molecule has 5 nitrogen and oxygen atoms in total. The molecule has 4 N–H and O–H groups in total. The second-order valence-electron chi connectivity index (χ2n) is 6.53. The average molecular weight is 266 g/mol. The molecule has 1 amide bonds. The van der Waals surface area contributed by atoms with E-state index in [0.29, 0.717) is 23.8 Å². The summed E-state index contributed by atoms with van der Waals surface area (Å²) in [4.78, 5) is 12.1. The van der Waals surface area contributed by atoms with E-state index in [9.17, 15) is 4.79 Å². The normalized spacial score (nSPS) is 13.6. The molecule has 1 atom stereocenters. The highest BCUT2D eigenvalue weighted by molar-refractivity contribution is 5.97. The summed E-state index contributed by atoms with van der Waals surface area (Å²) in [6, 6.07) is 0. The highest BCUT2D eigenvalue weighted by Crippen LogP contribution is 2.25. The number of nitrogens with one attached hydrogen (secondary N) is 2. The quantitative estimate of drug-likeness (QED) is 0.783. The van der Waals surface area contributed by atoms with Crippen LogP contribution >= 0.6 is 0 Å². The number of amides is 1. The van der Waals surface area contributed by atoms with Crippen LogP contribution in [-0.4, -0.2) is 22.6 Å². The maximum Gasteiger partial charge on any atom is 0.273 e. The number of carbonyl (C=O) groups excluding carboxylic acids is 1. The molecular formula is C14H26N4O. The summed E-state index contributed by atoms with van der Waals surface area (Å²) < 4.78 is 0. The molecule has 0 spiro atoms. The van der Waals surface area contributed by atoms with Crippen molar-refractivity contribution in [2.75, 3.05) is 12.3 Å². The Labute approximate surface area is 115 Å². The Hall–Kier alpha value is -1.52. The number of aromatic nitrogens is 2. The minimum absolute atomic E-state index is 0.160. The lowest BCUT2D eigenvalue weighted by Crippen LogP contribution is -2.34. The largest absolute Gasteiger partial charge is 0.395 e. The molecular weight excluding hydrogens is 240 g/mol. The topological polar surface area (TPSA) is 83.8 Å². The maximum absolute atomic E-state index is 12.1. The highest BCUT2D eigenvalue weighted by atomic mass is 16.1. The van der Waals surface area contributed by atoms with Gasteiger partial charge in [0.25, 0.3) is 5.91 Å². The van der Waals surface area contributed by atoms with Crippen molar-refractivity contribution in [3.8, 4) is 0 Å². The summed E-state index contributed by atoms with van der Waals surface area (Å²) in [5.74, 6) is 0.389. The monoisotopic (exact) mass is 266 g/mol. The molecule has 1 heterocycles. The third-order valence-electron chi connectivity index (χ3n) is 3.67. The Morgan fingerprint density at radius 2 is 1.95 bits per heavy atom. The lowest BCUT2D eigenvalue weighted by Gasteiger charge is -2.27. The Bertz CT molecular complexity index is 443. The van der Waals surface area contributed by atoms with Crippen LogP contribution in [0, 0.1) is 11.3 Å². The van der Waals surface area contributed by atoms with Gasteiger partial charge in [-0.3, -0.25) is 9.89 Å². The number of nitrogens with zero attached hydrogens (tertiary/aromatic N) is 1. The molecule has 1 unspecified atom stereocenters. The molecule has 0 aromatic carbocycles. The van der Waals surface area contributed by atoms with E-state index in [-0.39, 0.29) is 17.2 Å². The van der Waals surface area contributed by atoms with Gasteiger partial charge in [0, 0.05) is 6.54 Å². The second kappa shape index (κ2) is 5.63. The number of anilines is 1. The van der Waals surface area contributed by atoms with Gasteiger partial charge in [-0.25, -0.2) is 0 Å². The van der Waals surface area contributed by atoms with E-state index in [1.54, 1.807) is 0 Å². The number of H-pyrrole nitrogens is 1. The Morgan fingerprint density at radius 3 is 2.37 bits per heavy atom. The molecule has 0 saturated carbocycles. The molecule has 1 aromatic rings. The van der Waals surface area contributed by atoms with Crippen molar-refractivity contribution < 1.29 is 4.79 Å². The standard InChI is InChI=1S/C14H26N4O/c1-8(2)11-10(15)12(18-17-11)13(19)16-7-9(3)14(4,5)6/h8-9H,7,15H2,1-6H3,(H,16,19)(H,17,18). The predicted octanol–water partition coefficient (Wildman–Crippen LogP) is 2.53. The summed E-state index contributed by atoms with van der Waals surface area (Å²) in [6.45, 7) is 13.2. The first-order valence-electron chi connectivity index (χ1n) is 6.76. The van der Waals surface area contributed by atoms with Crippen LogP contribution in [0.4, 0.5) is 5.69 Å². The van der Waals surface area contributed by atoms with Gasteiger partial charge in [-0.05, 0) is 17.3 Å². The van der Waals surface area contributed by atoms with Gasteiger partial charge in [0.15, 0.2) is 5.69 Å². The van der Waals surface area contributed by atoms with Crippen LogP contribution in [-0.2, 0) is 0 Å². The average Bonchev–Trinajstić information content (AvgIpc) is 2.66. The molecule has 1 rings (SSSR count). The first kappa shape index (κ1) is 15.5. The van der Waals surface area contributed by atoms with Gasteiger partial charge < -0.3 is 11.1 Å². The number of aromatic amines is 1. The van der Waals surface area contributed by atoms with Crippen LogP contribution in [0.1, 0.15) is 63.6 Å². The molecule has 0 fully saturated rings. The van der Waals surface area contributed by atoms with Crippen molar-refractivity contribution in [2.24, 2.45) is 11.3 Å². The summed E-state index contributed by atoms with van der Waals surface area (Å²) >= 11 is 0. The van der Waals surface area contributed by atoms with Gasteiger partial charge in [0.05, 0.1) is 11.4 Å². The molecule has 108 valence electrons. The van der Waals surface area contributed by atoms with Gasteiger partial charge in [0.1, 0.15) is 0 Å². The zero-order valence-electron chi connectivity index (χ0n) is 12.8. The smallest absolute Gasteiger partial charge is 0.273 e. The van der Waals surface area contributed by atoms with Crippen LogP contribution in [0.5, 0.6) is 0 Å². The van der Waals surface area contributed by atoms with E-state index < -0.39 is 0 Å². The number of nitrogens with two attached hydrogens (primary N) is 1. The molecule has 5 heteroatoms. The third-order valence-corrected chi connectivity index (χ3v) is 3.67. The number of rotatable bonds is 4. The van der Waals surface area contributed by atoms with E-state index in [4.69, 9.17) is 5.73 Å². The maximum atomic E-state index is 12.1. The van der Waals surface area contributed by atoms with Gasteiger partial charge in [-0.2, -0.15) is 5.10 Å². The fourth-order valence-corrected chi connectivity index (χ4v) is 1.61. The Morgan fingerprint density at radius 1 is 1.37 bits per heavy atom. The first-order chi connectivity index (χ1) is 8.64. The van der Waals surface area contributed by atoms with Gasteiger partial charge in [-0.15, -0.1) is 0 Å². The van der Waals surface area contributed by atoms with Crippen LogP contribution in [0.25, 0.3) is 0 Å². The molecule has 1 aromatic heterocycles. The predicted molar refractivity (Wildman–Crippen MR) is 78.0 cm³/mol. The van der Waals surface area contributed by atoms with Gasteiger partial charge in [0.2, 0.25) is 0 Å². The molecule has 0 radical (unpaired) electrons. The SMILES string of the molecule is CC(C)c1[nH]nc(C(=O)NCC(C)C(C)(C)C)c1N. The summed E-state index contributed by atoms with van der Waals surface area (Å²) in [7, 11) is 0. The molecule has 0 aliphatic rings. The molecule has 0 bridgehead atoms. The highest BCUT2D eigenvalue weighted by Gasteiger charge is 2.23. The van der Waals surface area contributed by atoms with Crippen LogP contribution in [0.2, 0.25) is 0 Å². The van der Waals surface area contributed by atoms with Crippen molar-refractivity contribution >= 4 is 11.6 Å². The Kier molecular flexibility index (Phi) is 4.61. The molecule has 0 saturated heterocycles. The van der Waals surface area contributed by atoms with E-state index in [1.807, 2.05) is 13.8 Å². The minimum atomic E-state index is -0.211. The molecule has 19 heavy (non-hydrogen) atoms. The van der Waals surface area contributed by atoms with Crippen molar-refractivity contribution in [3.05, 3.63) is 11.4 Å². The fourth-order valence-electron chi connectivity index (χ4n) is 1.61. The van der Waals surface area contributed by atoms with E-state index >= 15 is 0 Å². The number of hydrogen-bond donors (Lipinski definition) is 3. The van der Waals surface area contributed by atoms with E-state index in [0.717, 1.165) is 5.69 Å².